The number of benzene rings is 1. The zero-order valence-electron chi connectivity index (χ0n) is 15.8. The van der Waals surface area contributed by atoms with Gasteiger partial charge in [0.05, 0.1) is 0 Å². The number of hydrogen-bond donors (Lipinski definition) is 0. The third-order valence-electron chi connectivity index (χ3n) is 6.92. The van der Waals surface area contributed by atoms with Crippen molar-refractivity contribution in [3.63, 3.8) is 0 Å². The fourth-order valence-electron chi connectivity index (χ4n) is 5.68. The van der Waals surface area contributed by atoms with Crippen molar-refractivity contribution in [2.75, 3.05) is 26.2 Å². The van der Waals surface area contributed by atoms with Crippen molar-refractivity contribution in [2.45, 2.75) is 50.7 Å². The average molecular weight is 370 g/mol. The van der Waals surface area contributed by atoms with Gasteiger partial charge in [-0.05, 0) is 73.3 Å². The van der Waals surface area contributed by atoms with Crippen molar-refractivity contribution in [1.29, 1.82) is 0 Å². The van der Waals surface area contributed by atoms with E-state index in [4.69, 9.17) is 0 Å². The normalized spacial score (nSPS) is 32.7. The van der Waals surface area contributed by atoms with Crippen molar-refractivity contribution in [2.24, 2.45) is 5.92 Å². The molecule has 3 atom stereocenters. The minimum Gasteiger partial charge on any atom is -0.298 e. The molecule has 5 heterocycles. The summed E-state index contributed by atoms with van der Waals surface area (Å²) in [4.78, 5) is 5.40. The Morgan fingerprint density at radius 3 is 2.56 bits per heavy atom. The Labute approximate surface area is 159 Å². The number of aryl methyl sites for hydroxylation is 2. The molecule has 0 saturated carbocycles. The molecule has 144 valence electrons. The molecule has 1 aromatic carbocycles. The highest BCUT2D eigenvalue weighted by Crippen LogP contribution is 2.46. The second-order valence-corrected chi connectivity index (χ2v) is 8.31. The van der Waals surface area contributed by atoms with Gasteiger partial charge in [0, 0.05) is 37.6 Å². The first kappa shape index (κ1) is 17.3. The quantitative estimate of drug-likeness (QED) is 0.807. The SMILES string of the molecule is Cc1nnnn1CCCN1C[C@@H](c2ccc(F)cc2)[C@@H]2[C@H]1C1CCN2CC1. The van der Waals surface area contributed by atoms with Gasteiger partial charge in [0.25, 0.3) is 0 Å². The molecule has 0 aliphatic carbocycles. The van der Waals surface area contributed by atoms with Crippen LogP contribution in [0.2, 0.25) is 0 Å². The summed E-state index contributed by atoms with van der Waals surface area (Å²) in [5.41, 5.74) is 1.29. The molecule has 4 saturated heterocycles. The van der Waals surface area contributed by atoms with Crippen LogP contribution in [0, 0.1) is 18.7 Å². The highest BCUT2D eigenvalue weighted by molar-refractivity contribution is 5.27. The number of fused-ring (bicyclic) bond motifs is 2. The Morgan fingerprint density at radius 2 is 1.85 bits per heavy atom. The number of halogens is 1. The molecule has 0 unspecified atom stereocenters. The van der Waals surface area contributed by atoms with Gasteiger partial charge in [-0.1, -0.05) is 12.1 Å². The van der Waals surface area contributed by atoms with Crippen molar-refractivity contribution in [3.05, 3.63) is 41.5 Å². The molecule has 4 fully saturated rings. The van der Waals surface area contributed by atoms with Crippen LogP contribution < -0.4 is 0 Å². The standard InChI is InChI=1S/C20H27FN6/c1-14-22-23-24-27(14)10-2-9-26-13-18(15-3-5-17(21)6-4-15)20-19(26)16-7-11-25(20)12-8-16/h3-6,16,18-20H,2,7-13H2,1H3/t18-,19+,20+/m0/s1. The molecular weight excluding hydrogens is 343 g/mol. The largest absolute Gasteiger partial charge is 0.298 e. The zero-order valence-corrected chi connectivity index (χ0v) is 15.8. The van der Waals surface area contributed by atoms with E-state index < -0.39 is 0 Å². The van der Waals surface area contributed by atoms with Gasteiger partial charge in [0.1, 0.15) is 11.6 Å². The van der Waals surface area contributed by atoms with E-state index in [1.54, 1.807) is 12.1 Å². The monoisotopic (exact) mass is 370 g/mol. The predicted molar refractivity (Wildman–Crippen MR) is 99.8 cm³/mol. The Kier molecular flexibility index (Phi) is 4.44. The Bertz CT molecular complexity index is 782. The molecule has 4 aliphatic heterocycles. The average Bonchev–Trinajstić information content (AvgIpc) is 3.29. The van der Waals surface area contributed by atoms with Crippen molar-refractivity contribution < 1.29 is 4.39 Å². The summed E-state index contributed by atoms with van der Waals surface area (Å²) in [6, 6.07) is 8.44. The highest BCUT2D eigenvalue weighted by atomic mass is 19.1. The molecule has 4 aliphatic rings. The van der Waals surface area contributed by atoms with Crippen LogP contribution in [0.25, 0.3) is 0 Å². The van der Waals surface area contributed by atoms with Crippen LogP contribution in [0.5, 0.6) is 0 Å². The van der Waals surface area contributed by atoms with Crippen LogP contribution in [0.4, 0.5) is 4.39 Å². The maximum absolute atomic E-state index is 13.4. The number of tetrazole rings is 1. The summed E-state index contributed by atoms with van der Waals surface area (Å²) in [6.07, 6.45) is 3.69. The molecule has 6 nitrogen and oxygen atoms in total. The molecule has 0 radical (unpaired) electrons. The molecule has 7 heteroatoms. The molecule has 2 bridgehead atoms. The lowest BCUT2D eigenvalue weighted by molar-refractivity contribution is -0.00699. The van der Waals surface area contributed by atoms with E-state index in [0.29, 0.717) is 18.0 Å². The maximum Gasteiger partial charge on any atom is 0.148 e. The number of rotatable bonds is 5. The van der Waals surface area contributed by atoms with Crippen LogP contribution in [0.15, 0.2) is 24.3 Å². The van der Waals surface area contributed by atoms with E-state index in [1.165, 1.54) is 31.5 Å². The van der Waals surface area contributed by atoms with Gasteiger partial charge < -0.3 is 0 Å². The number of piperidine rings is 3. The van der Waals surface area contributed by atoms with Gasteiger partial charge in [0.2, 0.25) is 0 Å². The van der Waals surface area contributed by atoms with Gasteiger partial charge in [0.15, 0.2) is 0 Å². The number of hydrogen-bond acceptors (Lipinski definition) is 5. The fraction of sp³-hybridized carbons (Fsp3) is 0.650. The van der Waals surface area contributed by atoms with Gasteiger partial charge in [-0.2, -0.15) is 0 Å². The molecule has 27 heavy (non-hydrogen) atoms. The van der Waals surface area contributed by atoms with Crippen molar-refractivity contribution in [3.8, 4) is 0 Å². The fourth-order valence-corrected chi connectivity index (χ4v) is 5.68. The van der Waals surface area contributed by atoms with Crippen molar-refractivity contribution in [1.82, 2.24) is 30.0 Å². The second-order valence-electron chi connectivity index (χ2n) is 8.31. The van der Waals surface area contributed by atoms with Gasteiger partial charge in [-0.15, -0.1) is 5.10 Å². The highest BCUT2D eigenvalue weighted by Gasteiger charge is 2.52. The van der Waals surface area contributed by atoms with E-state index in [1.807, 2.05) is 23.7 Å². The zero-order chi connectivity index (χ0) is 18.4. The van der Waals surface area contributed by atoms with E-state index in [2.05, 4.69) is 25.3 Å². The lowest BCUT2D eigenvalue weighted by atomic mass is 9.75. The number of aromatic nitrogens is 4. The molecular formula is C20H27FN6. The molecule has 6 rings (SSSR count). The molecule has 0 amide bonds. The first-order chi connectivity index (χ1) is 13.2. The minimum atomic E-state index is -0.146. The third kappa shape index (κ3) is 3.06. The maximum atomic E-state index is 13.4. The van der Waals surface area contributed by atoms with E-state index in [9.17, 15) is 4.39 Å². The summed E-state index contributed by atoms with van der Waals surface area (Å²) in [7, 11) is 0. The lowest BCUT2D eigenvalue weighted by Gasteiger charge is -2.51. The molecule has 2 aromatic rings. The Balaban J connectivity index is 1.34. The smallest absolute Gasteiger partial charge is 0.148 e. The third-order valence-corrected chi connectivity index (χ3v) is 6.92. The Hall–Kier alpha value is -1.86. The van der Waals surface area contributed by atoms with Crippen LogP contribution in [-0.4, -0.2) is 68.3 Å². The Morgan fingerprint density at radius 1 is 1.07 bits per heavy atom. The summed E-state index contributed by atoms with van der Waals surface area (Å²) < 4.78 is 15.3. The first-order valence-corrected chi connectivity index (χ1v) is 10.2. The van der Waals surface area contributed by atoms with E-state index in [0.717, 1.165) is 37.8 Å². The summed E-state index contributed by atoms with van der Waals surface area (Å²) in [6.45, 7) is 7.40. The van der Waals surface area contributed by atoms with Gasteiger partial charge in [-0.3, -0.25) is 9.80 Å². The topological polar surface area (TPSA) is 50.1 Å². The summed E-state index contributed by atoms with van der Waals surface area (Å²) >= 11 is 0. The van der Waals surface area contributed by atoms with Crippen LogP contribution in [-0.2, 0) is 6.54 Å². The summed E-state index contributed by atoms with van der Waals surface area (Å²) in [5, 5.41) is 11.8. The number of likely N-dealkylation sites (tertiary alicyclic amines) is 1. The molecule has 1 aromatic heterocycles. The van der Waals surface area contributed by atoms with Crippen LogP contribution in [0.3, 0.4) is 0 Å². The minimum absolute atomic E-state index is 0.146. The molecule has 0 N–H and O–H groups in total. The van der Waals surface area contributed by atoms with Gasteiger partial charge >= 0.3 is 0 Å². The lowest BCUT2D eigenvalue weighted by Crippen LogP contribution is -2.60. The first-order valence-electron chi connectivity index (χ1n) is 10.2. The predicted octanol–water partition coefficient (Wildman–Crippen LogP) is 2.07. The van der Waals surface area contributed by atoms with E-state index >= 15 is 0 Å². The summed E-state index contributed by atoms with van der Waals surface area (Å²) in [5.74, 6) is 2.02. The van der Waals surface area contributed by atoms with Crippen LogP contribution in [0.1, 0.15) is 36.6 Å². The second kappa shape index (κ2) is 6.95. The number of nitrogens with zero attached hydrogens (tertiary/aromatic N) is 6. The molecule has 0 spiro atoms. The van der Waals surface area contributed by atoms with Crippen LogP contribution >= 0.6 is 0 Å². The van der Waals surface area contributed by atoms with Crippen molar-refractivity contribution >= 4 is 0 Å². The van der Waals surface area contributed by atoms with E-state index in [-0.39, 0.29) is 5.82 Å². The van der Waals surface area contributed by atoms with Gasteiger partial charge in [-0.25, -0.2) is 9.07 Å².